The Labute approximate surface area is 331 Å². The van der Waals surface area contributed by atoms with Gasteiger partial charge in [0.1, 0.15) is 18.5 Å². The summed E-state index contributed by atoms with van der Waals surface area (Å²) < 4.78 is 28.5. The van der Waals surface area contributed by atoms with E-state index in [-0.39, 0.29) is 51.9 Å². The summed E-state index contributed by atoms with van der Waals surface area (Å²) in [6, 6.07) is 0. The molecule has 3 N–H and O–H groups in total. The van der Waals surface area contributed by atoms with Crippen molar-refractivity contribution in [3.8, 4) is 0 Å². The molecule has 5 unspecified atom stereocenters. The lowest BCUT2D eigenvalue weighted by atomic mass is 9.35. The van der Waals surface area contributed by atoms with Crippen LogP contribution in [0.25, 0.3) is 0 Å². The van der Waals surface area contributed by atoms with Crippen molar-refractivity contribution in [2.24, 2.45) is 50.6 Å². The molecule has 312 valence electrons. The van der Waals surface area contributed by atoms with Gasteiger partial charge >= 0.3 is 23.9 Å². The van der Waals surface area contributed by atoms with E-state index >= 15 is 4.79 Å². The fraction of sp³-hybridized carbons (Fsp3) is 0.814. The van der Waals surface area contributed by atoms with Crippen LogP contribution in [0, 0.1) is 44.8 Å². The van der Waals surface area contributed by atoms with E-state index in [1.807, 2.05) is 0 Å². The molecular formula is C43H64N2O11. The Bertz CT molecular complexity index is 1690. The third kappa shape index (κ3) is 6.90. The number of hydrogen-bond donors (Lipinski definition) is 2. The van der Waals surface area contributed by atoms with E-state index in [2.05, 4.69) is 52.9 Å². The largest absolute Gasteiger partial charge is 0.463 e. The average Bonchev–Trinajstić information content (AvgIpc) is 3.07. The van der Waals surface area contributed by atoms with Gasteiger partial charge in [0.15, 0.2) is 24.5 Å². The summed E-state index contributed by atoms with van der Waals surface area (Å²) in [6.07, 6.45) is 3.05. The molecule has 6 aliphatic rings. The molecule has 13 nitrogen and oxygen atoms in total. The second kappa shape index (κ2) is 14.5. The maximum absolute atomic E-state index is 15.2. The van der Waals surface area contributed by atoms with Gasteiger partial charge in [-0.3, -0.25) is 28.8 Å². The molecule has 5 aliphatic carbocycles. The number of Topliss-reactive ketones (excluding diaryl/α,β-unsaturated/α-hetero) is 1. The minimum atomic E-state index is -1.40. The van der Waals surface area contributed by atoms with Gasteiger partial charge < -0.3 is 34.7 Å². The number of ether oxygens (including phenoxy) is 5. The van der Waals surface area contributed by atoms with Crippen LogP contribution in [0.1, 0.15) is 133 Å². The molecule has 1 amide bonds. The fourth-order valence-corrected chi connectivity index (χ4v) is 12.8. The Hall–Kier alpha value is -3.32. The predicted octanol–water partition coefficient (Wildman–Crippen LogP) is 5.25. The number of esters is 4. The van der Waals surface area contributed by atoms with Crippen molar-refractivity contribution >= 4 is 35.6 Å². The SMILES string of the molecule is CC(=O)OCC1O[C@H](NC(=O)[C@]23CCC(C)(C)CC2C2=CCC4[C@@]5(C)CCC(=O)C(C)(C)C5CC[C@@]4(C)[C@]2(N)CC3)C(OC(C)=O)[C@H](OC(C)=O)[C@@H]1OC(C)=O. The van der Waals surface area contributed by atoms with Crippen molar-refractivity contribution < 1.29 is 52.5 Å². The number of nitrogens with two attached hydrogens (primary N) is 1. The Morgan fingerprint density at radius 2 is 1.39 bits per heavy atom. The summed E-state index contributed by atoms with van der Waals surface area (Å²) >= 11 is 0. The van der Waals surface area contributed by atoms with Crippen LogP contribution in [-0.4, -0.2) is 78.4 Å². The summed E-state index contributed by atoms with van der Waals surface area (Å²) in [4.78, 5) is 77.6. The van der Waals surface area contributed by atoms with E-state index in [4.69, 9.17) is 29.4 Å². The first kappa shape index (κ1) is 42.3. The minimum absolute atomic E-state index is 0.0499. The monoisotopic (exact) mass is 784 g/mol. The molecular weight excluding hydrogens is 720 g/mol. The zero-order valence-electron chi connectivity index (χ0n) is 35.0. The van der Waals surface area contributed by atoms with E-state index in [1.54, 1.807) is 0 Å². The summed E-state index contributed by atoms with van der Waals surface area (Å²) in [5.41, 5.74) is 6.70. The number of carbonyl (C=O) groups excluding carboxylic acids is 6. The van der Waals surface area contributed by atoms with Crippen LogP contribution < -0.4 is 11.1 Å². The quantitative estimate of drug-likeness (QED) is 0.194. The molecule has 0 radical (unpaired) electrons. The maximum Gasteiger partial charge on any atom is 0.303 e. The Kier molecular flexibility index (Phi) is 10.9. The Morgan fingerprint density at radius 1 is 0.786 bits per heavy atom. The molecule has 12 atom stereocenters. The molecule has 56 heavy (non-hydrogen) atoms. The number of rotatable bonds is 7. The average molecular weight is 785 g/mol. The molecule has 0 aromatic rings. The van der Waals surface area contributed by atoms with Crippen LogP contribution in [0.5, 0.6) is 0 Å². The molecule has 0 spiro atoms. The Balaban J connectivity index is 1.37. The minimum Gasteiger partial charge on any atom is -0.463 e. The van der Waals surface area contributed by atoms with Gasteiger partial charge in [-0.1, -0.05) is 47.6 Å². The van der Waals surface area contributed by atoms with Gasteiger partial charge in [-0.25, -0.2) is 0 Å². The molecule has 4 saturated carbocycles. The van der Waals surface area contributed by atoms with Gasteiger partial charge in [0.2, 0.25) is 5.91 Å². The van der Waals surface area contributed by atoms with Gasteiger partial charge in [0.05, 0.1) is 5.41 Å². The normalized spacial score (nSPS) is 42.2. The van der Waals surface area contributed by atoms with Crippen LogP contribution in [0.4, 0.5) is 0 Å². The van der Waals surface area contributed by atoms with Crippen LogP contribution >= 0.6 is 0 Å². The van der Waals surface area contributed by atoms with Gasteiger partial charge in [0.25, 0.3) is 0 Å². The van der Waals surface area contributed by atoms with E-state index in [9.17, 15) is 24.0 Å². The number of allylic oxidation sites excluding steroid dienone is 1. The highest BCUT2D eigenvalue weighted by atomic mass is 16.7. The predicted molar refractivity (Wildman–Crippen MR) is 203 cm³/mol. The van der Waals surface area contributed by atoms with Crippen molar-refractivity contribution in [3.05, 3.63) is 11.6 Å². The van der Waals surface area contributed by atoms with Gasteiger partial charge in [-0.2, -0.15) is 0 Å². The molecule has 1 aliphatic heterocycles. The zero-order valence-corrected chi connectivity index (χ0v) is 35.0. The van der Waals surface area contributed by atoms with Crippen molar-refractivity contribution in [1.29, 1.82) is 0 Å². The topological polar surface area (TPSA) is 187 Å². The first-order valence-electron chi connectivity index (χ1n) is 20.6. The smallest absolute Gasteiger partial charge is 0.303 e. The number of ketones is 1. The third-order valence-electron chi connectivity index (χ3n) is 15.6. The van der Waals surface area contributed by atoms with Crippen LogP contribution in [-0.2, 0) is 52.5 Å². The number of carbonyl (C=O) groups is 6. The standard InChI is InChI=1S/C43H64N2O11/c1-23(46)52-22-29-33(53-24(2)47)34(54-25(3)48)35(55-26(4)49)36(56-29)45-37(51)42-18-17-38(5,6)21-28(42)27-11-12-31-40(9)15-14-32(50)39(7,8)30(40)13-16-41(31,10)43(27,44)20-19-42/h11,28-31,33-36H,12-22,44H2,1-10H3,(H,45,51)/t28?,29?,30?,31?,33-,34-,35?,36+,40+,41-,42+,43+/m1/s1. The summed E-state index contributed by atoms with van der Waals surface area (Å²) in [5, 5.41) is 3.08. The lowest BCUT2D eigenvalue weighted by Gasteiger charge is -2.70. The lowest BCUT2D eigenvalue weighted by molar-refractivity contribution is -0.257. The molecule has 1 heterocycles. The highest BCUT2D eigenvalue weighted by Gasteiger charge is 2.70. The van der Waals surface area contributed by atoms with Gasteiger partial charge in [-0.05, 0) is 97.4 Å². The second-order valence-corrected chi connectivity index (χ2v) is 19.7. The highest BCUT2D eigenvalue weighted by molar-refractivity contribution is 5.86. The summed E-state index contributed by atoms with van der Waals surface area (Å²) in [5.74, 6) is -2.41. The summed E-state index contributed by atoms with van der Waals surface area (Å²) in [6.45, 7) is 17.8. The molecule has 6 rings (SSSR count). The van der Waals surface area contributed by atoms with Crippen molar-refractivity contribution in [3.63, 3.8) is 0 Å². The molecule has 13 heteroatoms. The molecule has 1 saturated heterocycles. The number of nitrogens with one attached hydrogen (secondary N) is 1. The maximum atomic E-state index is 15.2. The zero-order chi connectivity index (χ0) is 41.4. The highest BCUT2D eigenvalue weighted by Crippen LogP contribution is 2.72. The van der Waals surface area contributed by atoms with Crippen molar-refractivity contribution in [2.75, 3.05) is 6.61 Å². The molecule has 5 fully saturated rings. The summed E-state index contributed by atoms with van der Waals surface area (Å²) in [7, 11) is 0. The third-order valence-corrected chi connectivity index (χ3v) is 15.6. The fourth-order valence-electron chi connectivity index (χ4n) is 12.8. The molecule has 0 bridgehead atoms. The Morgan fingerprint density at radius 3 is 2.02 bits per heavy atom. The van der Waals surface area contributed by atoms with Crippen LogP contribution in [0.3, 0.4) is 0 Å². The van der Waals surface area contributed by atoms with E-state index < -0.39 is 65.5 Å². The van der Waals surface area contributed by atoms with E-state index in [0.717, 1.165) is 51.0 Å². The number of fused-ring (bicyclic) bond motifs is 7. The first-order chi connectivity index (χ1) is 25.9. The molecule has 0 aromatic carbocycles. The van der Waals surface area contributed by atoms with Gasteiger partial charge in [-0.15, -0.1) is 0 Å². The van der Waals surface area contributed by atoms with Crippen molar-refractivity contribution in [1.82, 2.24) is 5.32 Å². The van der Waals surface area contributed by atoms with Crippen LogP contribution in [0.15, 0.2) is 11.6 Å². The van der Waals surface area contributed by atoms with Crippen LogP contribution in [0.2, 0.25) is 0 Å². The first-order valence-corrected chi connectivity index (χ1v) is 20.6. The number of hydrogen-bond acceptors (Lipinski definition) is 12. The van der Waals surface area contributed by atoms with E-state index in [0.29, 0.717) is 31.5 Å². The lowest BCUT2D eigenvalue weighted by Crippen LogP contribution is -2.72. The van der Waals surface area contributed by atoms with E-state index in [1.165, 1.54) is 20.8 Å². The second-order valence-electron chi connectivity index (χ2n) is 19.7. The van der Waals surface area contributed by atoms with Gasteiger partial charge in [0, 0.05) is 45.1 Å². The molecule has 0 aromatic heterocycles. The van der Waals surface area contributed by atoms with Crippen molar-refractivity contribution in [2.45, 2.75) is 170 Å². The number of amides is 1.